The van der Waals surface area contributed by atoms with Crippen molar-refractivity contribution in [3.63, 3.8) is 0 Å². The Hall–Kier alpha value is -2.04. The summed E-state index contributed by atoms with van der Waals surface area (Å²) >= 11 is 0. The number of benzene rings is 1. The number of nitrogens with zero attached hydrogens (tertiary/aromatic N) is 1. The second-order valence-electron chi connectivity index (χ2n) is 6.16. The number of carboxylic acid groups (broad SMARTS) is 1. The minimum atomic E-state index is -0.851. The molecule has 0 radical (unpaired) electrons. The molecule has 1 aromatic carbocycles. The van der Waals surface area contributed by atoms with E-state index in [1.54, 1.807) is 11.8 Å². The average molecular weight is 305 g/mol. The number of likely N-dealkylation sites (tertiary alicyclic amines) is 1. The number of hydrogen-bond acceptors (Lipinski definition) is 3. The molecule has 1 aliphatic rings. The first kappa shape index (κ1) is 16.3. The molecule has 120 valence electrons. The molecule has 0 saturated carbocycles. The monoisotopic (exact) mass is 305 g/mol. The van der Waals surface area contributed by atoms with Gasteiger partial charge in [-0.25, -0.2) is 0 Å². The van der Waals surface area contributed by atoms with E-state index in [-0.39, 0.29) is 12.5 Å². The SMILES string of the molecule is CCC(Oc1ccccc1C)C(=O)N1CCC(C)(C(=O)O)C1. The molecule has 1 heterocycles. The van der Waals surface area contributed by atoms with Crippen LogP contribution in [0.15, 0.2) is 24.3 Å². The standard InChI is InChI=1S/C17H23NO4/c1-4-13(22-14-8-6-5-7-12(14)2)15(19)18-10-9-17(3,11-18)16(20)21/h5-8,13H,4,9-11H2,1-3H3,(H,20,21). The van der Waals surface area contributed by atoms with E-state index >= 15 is 0 Å². The number of carbonyl (C=O) groups excluding carboxylic acids is 1. The van der Waals surface area contributed by atoms with Gasteiger partial charge in [-0.1, -0.05) is 25.1 Å². The van der Waals surface area contributed by atoms with Crippen LogP contribution < -0.4 is 4.74 Å². The van der Waals surface area contributed by atoms with Crippen LogP contribution in [0.2, 0.25) is 0 Å². The maximum atomic E-state index is 12.6. The molecule has 22 heavy (non-hydrogen) atoms. The van der Waals surface area contributed by atoms with Crippen LogP contribution in [0.3, 0.4) is 0 Å². The first-order valence-electron chi connectivity index (χ1n) is 7.62. The van der Waals surface area contributed by atoms with Gasteiger partial charge < -0.3 is 14.7 Å². The summed E-state index contributed by atoms with van der Waals surface area (Å²) in [5.41, 5.74) is 0.127. The summed E-state index contributed by atoms with van der Waals surface area (Å²) in [6.45, 7) is 6.23. The Labute approximate surface area is 130 Å². The van der Waals surface area contributed by atoms with E-state index < -0.39 is 17.5 Å². The zero-order valence-electron chi connectivity index (χ0n) is 13.3. The summed E-state index contributed by atoms with van der Waals surface area (Å²) < 4.78 is 5.86. The van der Waals surface area contributed by atoms with Crippen LogP contribution in [0.25, 0.3) is 0 Å². The first-order chi connectivity index (χ1) is 10.4. The van der Waals surface area contributed by atoms with E-state index in [1.165, 1.54) is 0 Å². The molecule has 0 spiro atoms. The molecular weight excluding hydrogens is 282 g/mol. The molecule has 5 nitrogen and oxygen atoms in total. The van der Waals surface area contributed by atoms with Crippen molar-refractivity contribution in [2.75, 3.05) is 13.1 Å². The van der Waals surface area contributed by atoms with E-state index in [4.69, 9.17) is 4.74 Å². The van der Waals surface area contributed by atoms with Crippen molar-refractivity contribution in [3.05, 3.63) is 29.8 Å². The highest BCUT2D eigenvalue weighted by Gasteiger charge is 2.43. The molecule has 0 aromatic heterocycles. The molecule has 2 atom stereocenters. The van der Waals surface area contributed by atoms with Crippen molar-refractivity contribution < 1.29 is 19.4 Å². The number of aliphatic carboxylic acids is 1. The van der Waals surface area contributed by atoms with Crippen LogP contribution >= 0.6 is 0 Å². The zero-order chi connectivity index (χ0) is 16.3. The summed E-state index contributed by atoms with van der Waals surface area (Å²) in [6, 6.07) is 7.57. The lowest BCUT2D eigenvalue weighted by atomic mass is 9.90. The van der Waals surface area contributed by atoms with Gasteiger partial charge in [0.2, 0.25) is 0 Å². The minimum Gasteiger partial charge on any atom is -0.481 e. The fraction of sp³-hybridized carbons (Fsp3) is 0.529. The molecule has 5 heteroatoms. The molecule has 1 N–H and O–H groups in total. The van der Waals surface area contributed by atoms with Crippen molar-refractivity contribution in [3.8, 4) is 5.75 Å². The largest absolute Gasteiger partial charge is 0.481 e. The highest BCUT2D eigenvalue weighted by molar-refractivity contribution is 5.83. The van der Waals surface area contributed by atoms with Gasteiger partial charge in [0, 0.05) is 13.1 Å². The Kier molecular flexibility index (Phi) is 4.74. The van der Waals surface area contributed by atoms with Crippen LogP contribution in [0.5, 0.6) is 5.75 Å². The number of para-hydroxylation sites is 1. The van der Waals surface area contributed by atoms with Crippen LogP contribution in [0.1, 0.15) is 32.3 Å². The van der Waals surface area contributed by atoms with Crippen molar-refractivity contribution in [2.24, 2.45) is 5.41 Å². The molecule has 2 unspecified atom stereocenters. The highest BCUT2D eigenvalue weighted by Crippen LogP contribution is 2.31. The van der Waals surface area contributed by atoms with Crippen molar-refractivity contribution in [1.82, 2.24) is 4.90 Å². The quantitative estimate of drug-likeness (QED) is 0.907. The number of amides is 1. The Balaban J connectivity index is 2.07. The molecule has 2 rings (SSSR count). The maximum Gasteiger partial charge on any atom is 0.311 e. The van der Waals surface area contributed by atoms with Crippen LogP contribution in [0.4, 0.5) is 0 Å². The first-order valence-corrected chi connectivity index (χ1v) is 7.62. The maximum absolute atomic E-state index is 12.6. The predicted molar refractivity (Wildman–Crippen MR) is 82.8 cm³/mol. The van der Waals surface area contributed by atoms with E-state index in [2.05, 4.69) is 0 Å². The molecule has 1 saturated heterocycles. The van der Waals surface area contributed by atoms with Gasteiger partial charge >= 0.3 is 5.97 Å². The molecule has 1 aromatic rings. The normalized spacial score (nSPS) is 22.4. The lowest BCUT2D eigenvalue weighted by Crippen LogP contribution is -2.42. The number of aryl methyl sites for hydroxylation is 1. The van der Waals surface area contributed by atoms with Crippen molar-refractivity contribution in [1.29, 1.82) is 0 Å². The molecule has 0 aliphatic carbocycles. The Morgan fingerprint density at radius 2 is 2.09 bits per heavy atom. The summed E-state index contributed by atoms with van der Waals surface area (Å²) in [5, 5.41) is 9.27. The van der Waals surface area contributed by atoms with Gasteiger partial charge in [0.1, 0.15) is 5.75 Å². The summed E-state index contributed by atoms with van der Waals surface area (Å²) in [6.07, 6.45) is 0.458. The van der Waals surface area contributed by atoms with Crippen LogP contribution in [-0.2, 0) is 9.59 Å². The van der Waals surface area contributed by atoms with Crippen molar-refractivity contribution in [2.45, 2.75) is 39.7 Å². The third-order valence-corrected chi connectivity index (χ3v) is 4.31. The molecular formula is C17H23NO4. The smallest absolute Gasteiger partial charge is 0.311 e. The number of carbonyl (C=O) groups is 2. The highest BCUT2D eigenvalue weighted by atomic mass is 16.5. The Bertz CT molecular complexity index is 572. The van der Waals surface area contributed by atoms with E-state index in [9.17, 15) is 14.7 Å². The minimum absolute atomic E-state index is 0.129. The lowest BCUT2D eigenvalue weighted by Gasteiger charge is -2.25. The lowest BCUT2D eigenvalue weighted by molar-refractivity contribution is -0.148. The number of hydrogen-bond donors (Lipinski definition) is 1. The van der Waals surface area contributed by atoms with Crippen LogP contribution in [-0.4, -0.2) is 41.1 Å². The molecule has 1 amide bonds. The fourth-order valence-electron chi connectivity index (χ4n) is 2.68. The number of rotatable bonds is 5. The third-order valence-electron chi connectivity index (χ3n) is 4.31. The van der Waals surface area contributed by atoms with Gasteiger partial charge in [0.25, 0.3) is 5.91 Å². The Morgan fingerprint density at radius 3 is 2.64 bits per heavy atom. The van der Waals surface area contributed by atoms with Gasteiger partial charge in [-0.2, -0.15) is 0 Å². The van der Waals surface area contributed by atoms with Gasteiger partial charge in [0.05, 0.1) is 5.41 Å². The molecule has 1 aliphatic heterocycles. The van der Waals surface area contributed by atoms with Crippen molar-refractivity contribution >= 4 is 11.9 Å². The van der Waals surface area contributed by atoms with Gasteiger partial charge in [-0.3, -0.25) is 9.59 Å². The van der Waals surface area contributed by atoms with E-state index in [0.29, 0.717) is 25.1 Å². The van der Waals surface area contributed by atoms with Gasteiger partial charge in [-0.15, -0.1) is 0 Å². The molecule has 0 bridgehead atoms. The number of carboxylic acids is 1. The number of ether oxygens (including phenoxy) is 1. The topological polar surface area (TPSA) is 66.8 Å². The van der Waals surface area contributed by atoms with Gasteiger partial charge in [0.15, 0.2) is 6.10 Å². The Morgan fingerprint density at radius 1 is 1.41 bits per heavy atom. The molecule has 1 fully saturated rings. The van der Waals surface area contributed by atoms with E-state index in [0.717, 1.165) is 5.56 Å². The summed E-state index contributed by atoms with van der Waals surface area (Å²) in [7, 11) is 0. The summed E-state index contributed by atoms with van der Waals surface area (Å²) in [4.78, 5) is 25.5. The third kappa shape index (κ3) is 3.24. The van der Waals surface area contributed by atoms with Crippen LogP contribution in [0, 0.1) is 12.3 Å². The fourth-order valence-corrected chi connectivity index (χ4v) is 2.68. The second-order valence-corrected chi connectivity index (χ2v) is 6.16. The van der Waals surface area contributed by atoms with Gasteiger partial charge in [-0.05, 0) is 38.3 Å². The zero-order valence-corrected chi connectivity index (χ0v) is 13.3. The predicted octanol–water partition coefficient (Wildman–Crippen LogP) is 2.48. The van der Waals surface area contributed by atoms with E-state index in [1.807, 2.05) is 38.1 Å². The average Bonchev–Trinajstić information content (AvgIpc) is 2.90. The second kappa shape index (κ2) is 6.38. The summed E-state index contributed by atoms with van der Waals surface area (Å²) in [5.74, 6) is -0.283.